The molecule has 0 saturated carbocycles. The highest BCUT2D eigenvalue weighted by molar-refractivity contribution is 5.92. The first kappa shape index (κ1) is 20.5. The van der Waals surface area contributed by atoms with Crippen molar-refractivity contribution in [3.63, 3.8) is 0 Å². The predicted molar refractivity (Wildman–Crippen MR) is 111 cm³/mol. The van der Waals surface area contributed by atoms with Gasteiger partial charge in [-0.25, -0.2) is 0 Å². The van der Waals surface area contributed by atoms with Crippen molar-refractivity contribution in [1.29, 1.82) is 0 Å². The normalized spacial score (nSPS) is 11.9. The number of nitrogens with one attached hydrogen (secondary N) is 1. The van der Waals surface area contributed by atoms with Crippen LogP contribution in [0.1, 0.15) is 27.7 Å². The van der Waals surface area contributed by atoms with Gasteiger partial charge in [0.15, 0.2) is 5.76 Å². The summed E-state index contributed by atoms with van der Waals surface area (Å²) < 4.78 is 16.5. The summed E-state index contributed by atoms with van der Waals surface area (Å²) in [6, 6.07) is 19.1. The van der Waals surface area contributed by atoms with E-state index in [1.807, 2.05) is 68.7 Å². The summed E-state index contributed by atoms with van der Waals surface area (Å²) in [6.07, 6.45) is 1.50. The van der Waals surface area contributed by atoms with Crippen molar-refractivity contribution in [3.05, 3.63) is 83.8 Å². The lowest BCUT2D eigenvalue weighted by Gasteiger charge is -2.25. The third-order valence-corrected chi connectivity index (χ3v) is 4.65. The number of methoxy groups -OCH3 is 1. The van der Waals surface area contributed by atoms with Crippen LogP contribution in [-0.4, -0.2) is 38.6 Å². The molecular formula is C23H26N2O4. The predicted octanol–water partition coefficient (Wildman–Crippen LogP) is 3.90. The zero-order chi connectivity index (χ0) is 20.6. The number of amides is 1. The van der Waals surface area contributed by atoms with Gasteiger partial charge in [0.05, 0.1) is 19.4 Å². The van der Waals surface area contributed by atoms with Gasteiger partial charge < -0.3 is 24.1 Å². The van der Waals surface area contributed by atoms with Crippen LogP contribution in [0.3, 0.4) is 0 Å². The molecule has 0 aliphatic heterocycles. The standard InChI is InChI=1S/C23H26N2O4/c1-25(2)21(17-8-7-11-20(14-17)27-3)15-24-23(26)22-18(12-13-28-22)16-29-19-9-5-4-6-10-19/h4-14,21H,15-16H2,1-3H3,(H,24,26). The number of nitrogens with zero attached hydrogens (tertiary/aromatic N) is 1. The Morgan fingerprint density at radius 2 is 1.83 bits per heavy atom. The molecule has 152 valence electrons. The first-order valence-electron chi connectivity index (χ1n) is 9.41. The maximum atomic E-state index is 12.7. The number of para-hydroxylation sites is 1. The van der Waals surface area contributed by atoms with E-state index in [0.29, 0.717) is 12.1 Å². The van der Waals surface area contributed by atoms with E-state index in [4.69, 9.17) is 13.9 Å². The number of rotatable bonds is 9. The zero-order valence-electron chi connectivity index (χ0n) is 16.9. The lowest BCUT2D eigenvalue weighted by atomic mass is 10.1. The van der Waals surface area contributed by atoms with Crippen LogP contribution in [0.15, 0.2) is 71.3 Å². The molecule has 0 spiro atoms. The van der Waals surface area contributed by atoms with E-state index in [2.05, 4.69) is 10.2 Å². The summed E-state index contributed by atoms with van der Waals surface area (Å²) in [5, 5.41) is 2.97. The molecule has 0 aliphatic carbocycles. The van der Waals surface area contributed by atoms with E-state index >= 15 is 0 Å². The summed E-state index contributed by atoms with van der Waals surface area (Å²) in [5.74, 6) is 1.53. The van der Waals surface area contributed by atoms with Gasteiger partial charge in [-0.05, 0) is 50.0 Å². The minimum atomic E-state index is -0.267. The average Bonchev–Trinajstić information content (AvgIpc) is 3.22. The molecule has 0 fully saturated rings. The van der Waals surface area contributed by atoms with Crippen molar-refractivity contribution in [3.8, 4) is 11.5 Å². The molecule has 1 amide bonds. The first-order valence-corrected chi connectivity index (χ1v) is 9.41. The Hall–Kier alpha value is -3.25. The molecule has 1 heterocycles. The van der Waals surface area contributed by atoms with Gasteiger partial charge in [-0.3, -0.25) is 4.79 Å². The van der Waals surface area contributed by atoms with Gasteiger partial charge in [0.1, 0.15) is 18.1 Å². The lowest BCUT2D eigenvalue weighted by Crippen LogP contribution is -2.34. The van der Waals surface area contributed by atoms with Gasteiger partial charge in [0.2, 0.25) is 0 Å². The van der Waals surface area contributed by atoms with Crippen LogP contribution in [0.25, 0.3) is 0 Å². The summed E-state index contributed by atoms with van der Waals surface area (Å²) in [6.45, 7) is 0.689. The van der Waals surface area contributed by atoms with Crippen molar-refractivity contribution >= 4 is 5.91 Å². The smallest absolute Gasteiger partial charge is 0.287 e. The molecule has 0 bridgehead atoms. The highest BCUT2D eigenvalue weighted by Gasteiger charge is 2.20. The molecule has 2 aromatic carbocycles. The van der Waals surface area contributed by atoms with Crippen LogP contribution in [0.5, 0.6) is 11.5 Å². The Labute approximate surface area is 171 Å². The van der Waals surface area contributed by atoms with Crippen LogP contribution in [0, 0.1) is 0 Å². The Morgan fingerprint density at radius 3 is 2.55 bits per heavy atom. The van der Waals surface area contributed by atoms with Crippen molar-refractivity contribution in [2.24, 2.45) is 0 Å². The Morgan fingerprint density at radius 1 is 1.07 bits per heavy atom. The molecule has 1 N–H and O–H groups in total. The van der Waals surface area contributed by atoms with Gasteiger partial charge in [-0.1, -0.05) is 30.3 Å². The molecule has 6 nitrogen and oxygen atoms in total. The molecule has 0 radical (unpaired) electrons. The van der Waals surface area contributed by atoms with Gasteiger partial charge in [0, 0.05) is 12.1 Å². The Bertz CT molecular complexity index is 921. The molecule has 1 aromatic heterocycles. The number of likely N-dealkylation sites (N-methyl/N-ethyl adjacent to an activating group) is 1. The number of carbonyl (C=O) groups excluding carboxylic acids is 1. The molecule has 3 rings (SSSR count). The van der Waals surface area contributed by atoms with E-state index in [1.165, 1.54) is 6.26 Å². The third kappa shape index (κ3) is 5.39. The minimum absolute atomic E-state index is 0.00645. The van der Waals surface area contributed by atoms with Crippen molar-refractivity contribution in [1.82, 2.24) is 10.2 Å². The quantitative estimate of drug-likeness (QED) is 0.596. The van der Waals surface area contributed by atoms with Crippen molar-refractivity contribution in [2.75, 3.05) is 27.7 Å². The van der Waals surface area contributed by atoms with Crippen LogP contribution in [0.2, 0.25) is 0 Å². The van der Waals surface area contributed by atoms with Crippen LogP contribution >= 0.6 is 0 Å². The third-order valence-electron chi connectivity index (χ3n) is 4.65. The van der Waals surface area contributed by atoms with Crippen LogP contribution in [-0.2, 0) is 6.61 Å². The fourth-order valence-electron chi connectivity index (χ4n) is 3.04. The highest BCUT2D eigenvalue weighted by Crippen LogP contribution is 2.22. The molecule has 1 atom stereocenters. The van der Waals surface area contributed by atoms with Crippen LogP contribution < -0.4 is 14.8 Å². The number of hydrogen-bond donors (Lipinski definition) is 1. The maximum absolute atomic E-state index is 12.7. The minimum Gasteiger partial charge on any atom is -0.497 e. The summed E-state index contributed by atoms with van der Waals surface area (Å²) in [4.78, 5) is 14.8. The van der Waals surface area contributed by atoms with E-state index in [1.54, 1.807) is 13.2 Å². The molecule has 29 heavy (non-hydrogen) atoms. The van der Waals surface area contributed by atoms with Gasteiger partial charge in [0.25, 0.3) is 5.91 Å². The molecule has 6 heteroatoms. The number of carbonyl (C=O) groups is 1. The first-order chi connectivity index (χ1) is 14.1. The van der Waals surface area contributed by atoms with Gasteiger partial charge in [-0.15, -0.1) is 0 Å². The average molecular weight is 394 g/mol. The second-order valence-electron chi connectivity index (χ2n) is 6.84. The molecular weight excluding hydrogens is 368 g/mol. The SMILES string of the molecule is COc1cccc(C(CNC(=O)c2occc2COc2ccccc2)N(C)C)c1. The number of furan rings is 1. The zero-order valence-corrected chi connectivity index (χ0v) is 16.9. The number of benzene rings is 2. The fraction of sp³-hybridized carbons (Fsp3) is 0.261. The summed E-state index contributed by atoms with van der Waals surface area (Å²) in [5.41, 5.74) is 1.76. The van der Waals surface area contributed by atoms with E-state index in [0.717, 1.165) is 17.1 Å². The lowest BCUT2D eigenvalue weighted by molar-refractivity contribution is 0.0910. The topological polar surface area (TPSA) is 63.9 Å². The van der Waals surface area contributed by atoms with Gasteiger partial charge in [-0.2, -0.15) is 0 Å². The molecule has 0 saturated heterocycles. The maximum Gasteiger partial charge on any atom is 0.287 e. The van der Waals surface area contributed by atoms with Crippen molar-refractivity contribution < 1.29 is 18.7 Å². The second kappa shape index (κ2) is 9.80. The largest absolute Gasteiger partial charge is 0.497 e. The number of ether oxygens (including phenoxy) is 2. The van der Waals surface area contributed by atoms with Crippen LogP contribution in [0.4, 0.5) is 0 Å². The monoisotopic (exact) mass is 394 g/mol. The molecule has 1 unspecified atom stereocenters. The van der Waals surface area contributed by atoms with Crippen molar-refractivity contribution in [2.45, 2.75) is 12.6 Å². The van der Waals surface area contributed by atoms with E-state index in [9.17, 15) is 4.79 Å². The molecule has 0 aliphatic rings. The summed E-state index contributed by atoms with van der Waals surface area (Å²) >= 11 is 0. The number of hydrogen-bond acceptors (Lipinski definition) is 5. The fourth-order valence-corrected chi connectivity index (χ4v) is 3.04. The summed E-state index contributed by atoms with van der Waals surface area (Å²) in [7, 11) is 5.59. The highest BCUT2D eigenvalue weighted by atomic mass is 16.5. The Balaban J connectivity index is 1.64. The van der Waals surface area contributed by atoms with E-state index in [-0.39, 0.29) is 24.3 Å². The van der Waals surface area contributed by atoms with E-state index < -0.39 is 0 Å². The Kier molecular flexibility index (Phi) is 6.92. The molecule has 3 aromatic rings. The van der Waals surface area contributed by atoms with Gasteiger partial charge >= 0.3 is 0 Å². The second-order valence-corrected chi connectivity index (χ2v) is 6.84.